The number of nitrogens with two attached hydrogens (primary N) is 1. The minimum atomic E-state index is -4.62. The maximum Gasteiger partial charge on any atom is 0.411 e. The van der Waals surface area contributed by atoms with Gasteiger partial charge in [0.25, 0.3) is 6.02 Å². The molecule has 2 N–H and O–H groups in total. The third-order valence-corrected chi connectivity index (χ3v) is 4.77. The summed E-state index contributed by atoms with van der Waals surface area (Å²) in [7, 11) is 0. The van der Waals surface area contributed by atoms with Crippen LogP contribution in [0.4, 0.5) is 22.0 Å². The van der Waals surface area contributed by atoms with E-state index in [0.29, 0.717) is 0 Å². The van der Waals surface area contributed by atoms with Crippen LogP contribution in [0.25, 0.3) is 11.9 Å². The Bertz CT molecular complexity index is 1090. The molecule has 0 fully saturated rings. The fraction of sp³-hybridized carbons (Fsp3) is 0.286. The summed E-state index contributed by atoms with van der Waals surface area (Å²) in [6.07, 6.45) is -3.66. The van der Waals surface area contributed by atoms with Crippen molar-refractivity contribution in [3.05, 3.63) is 64.7 Å². The van der Waals surface area contributed by atoms with Gasteiger partial charge < -0.3 is 15.2 Å². The van der Waals surface area contributed by atoms with Crippen molar-refractivity contribution in [3.63, 3.8) is 0 Å². The fourth-order valence-corrected chi connectivity index (χ4v) is 3.14. The highest BCUT2D eigenvalue weighted by Crippen LogP contribution is 2.37. The molecule has 0 aliphatic carbocycles. The van der Waals surface area contributed by atoms with Gasteiger partial charge in [-0.15, -0.1) is 0 Å². The van der Waals surface area contributed by atoms with Crippen molar-refractivity contribution in [2.24, 2.45) is 10.7 Å². The Labute approximate surface area is 179 Å². The first-order valence-electron chi connectivity index (χ1n) is 9.22. The fourth-order valence-electron chi connectivity index (χ4n) is 3.14. The predicted molar refractivity (Wildman–Crippen MR) is 105 cm³/mol. The summed E-state index contributed by atoms with van der Waals surface area (Å²) in [4.78, 5) is 7.84. The Balaban J connectivity index is 1.98. The minimum Gasteiger partial charge on any atom is -0.463 e. The third kappa shape index (κ3) is 5.20. The van der Waals surface area contributed by atoms with Gasteiger partial charge in [-0.05, 0) is 42.8 Å². The van der Waals surface area contributed by atoms with Gasteiger partial charge in [0.1, 0.15) is 42.6 Å². The van der Waals surface area contributed by atoms with Crippen molar-refractivity contribution in [1.29, 1.82) is 5.26 Å². The molecular weight excluding hydrogens is 435 g/mol. The van der Waals surface area contributed by atoms with E-state index in [1.54, 1.807) is 0 Å². The predicted octanol–water partition coefficient (Wildman–Crippen LogP) is 4.07. The molecule has 0 saturated heterocycles. The number of rotatable bonds is 5. The highest BCUT2D eigenvalue weighted by Gasteiger charge is 2.44. The number of amidine groups is 1. The normalized spacial score (nSPS) is 21.5. The lowest BCUT2D eigenvalue weighted by molar-refractivity contribution is -0.197. The third-order valence-electron chi connectivity index (χ3n) is 4.77. The second-order valence-electron chi connectivity index (χ2n) is 7.10. The zero-order valence-electron chi connectivity index (χ0n) is 16.7. The van der Waals surface area contributed by atoms with Gasteiger partial charge in [-0.2, -0.15) is 18.4 Å². The van der Waals surface area contributed by atoms with E-state index in [1.807, 2.05) is 6.07 Å². The number of nitriles is 1. The van der Waals surface area contributed by atoms with Gasteiger partial charge in [0, 0.05) is 11.8 Å². The maximum absolute atomic E-state index is 14.7. The molecule has 2 atom stereocenters. The second kappa shape index (κ2) is 8.92. The summed E-state index contributed by atoms with van der Waals surface area (Å²) < 4.78 is 77.3. The van der Waals surface area contributed by atoms with Crippen molar-refractivity contribution in [2.45, 2.75) is 24.7 Å². The Morgan fingerprint density at radius 2 is 2.12 bits per heavy atom. The van der Waals surface area contributed by atoms with Gasteiger partial charge in [-0.1, -0.05) is 6.07 Å². The average molecular weight is 452 g/mol. The molecule has 2 heterocycles. The lowest BCUT2D eigenvalue weighted by Gasteiger charge is -2.38. The molecule has 6 nitrogen and oxygen atoms in total. The number of aromatic nitrogens is 1. The van der Waals surface area contributed by atoms with Gasteiger partial charge >= 0.3 is 6.18 Å². The number of nitrogens with zero attached hydrogens (tertiary/aromatic N) is 3. The molecular formula is C21H17F5N4O2. The van der Waals surface area contributed by atoms with Crippen LogP contribution >= 0.6 is 0 Å². The number of halogens is 5. The monoisotopic (exact) mass is 452 g/mol. The lowest BCUT2D eigenvalue weighted by Crippen LogP contribution is -2.48. The Kier molecular flexibility index (Phi) is 6.45. The molecule has 1 aliphatic heterocycles. The minimum absolute atomic E-state index is 0.0548. The van der Waals surface area contributed by atoms with E-state index in [9.17, 15) is 22.0 Å². The first-order valence-corrected chi connectivity index (χ1v) is 9.22. The summed E-state index contributed by atoms with van der Waals surface area (Å²) in [6.45, 7) is -0.620. The van der Waals surface area contributed by atoms with Gasteiger partial charge in [0.15, 0.2) is 0 Å². The van der Waals surface area contributed by atoms with Crippen LogP contribution in [-0.4, -0.2) is 36.5 Å². The van der Waals surface area contributed by atoms with Crippen LogP contribution in [0.3, 0.4) is 0 Å². The molecule has 0 spiro atoms. The molecule has 1 aromatic carbocycles. The zero-order chi connectivity index (χ0) is 23.5. The van der Waals surface area contributed by atoms with Crippen molar-refractivity contribution >= 4 is 17.9 Å². The van der Waals surface area contributed by atoms with Gasteiger partial charge in [0.2, 0.25) is 0 Å². The maximum atomic E-state index is 14.7. The average Bonchev–Trinajstić information content (AvgIpc) is 2.73. The molecule has 0 bridgehead atoms. The van der Waals surface area contributed by atoms with E-state index < -0.39 is 36.1 Å². The molecule has 3 rings (SSSR count). The Hall–Kier alpha value is -3.52. The molecule has 32 heavy (non-hydrogen) atoms. The van der Waals surface area contributed by atoms with Crippen LogP contribution in [0.1, 0.15) is 29.3 Å². The van der Waals surface area contributed by atoms with Crippen LogP contribution in [0.15, 0.2) is 41.5 Å². The summed E-state index contributed by atoms with van der Waals surface area (Å²) in [6, 6.07) is 7.77. The van der Waals surface area contributed by atoms with E-state index in [-0.39, 0.29) is 35.0 Å². The SMILES string of the molecule is C[C@]1(c2cc(/C=C(\F)c3ccc(C#N)cn3)ccc2F)N=C(N)OCC1OCC(F)(F)F. The number of ether oxygens (including phenoxy) is 2. The number of pyridine rings is 1. The van der Waals surface area contributed by atoms with Gasteiger partial charge in [-0.3, -0.25) is 4.98 Å². The van der Waals surface area contributed by atoms with Gasteiger partial charge in [0.05, 0.1) is 11.3 Å². The molecule has 168 valence electrons. The van der Waals surface area contributed by atoms with E-state index in [4.69, 9.17) is 20.5 Å². The highest BCUT2D eigenvalue weighted by molar-refractivity contribution is 5.76. The molecule has 1 aliphatic rings. The molecule has 0 saturated carbocycles. The number of aliphatic imine (C=N–C) groups is 1. The standard InChI is InChI=1S/C21H17F5N4O2/c1-20(18(10-31-19(28)30-20)32-11-21(24,25)26)14-6-12(2-4-15(14)22)7-16(23)17-5-3-13(8-27)9-29-17/h2-7,9,18H,10-11H2,1H3,(H2,28,30)/b16-7-/t18?,20-/m1/s1. The number of hydrogen-bond donors (Lipinski definition) is 1. The number of benzene rings is 1. The van der Waals surface area contributed by atoms with E-state index in [2.05, 4.69) is 9.98 Å². The first kappa shape index (κ1) is 23.1. The molecule has 0 amide bonds. The largest absolute Gasteiger partial charge is 0.463 e. The van der Waals surface area contributed by atoms with Crippen LogP contribution < -0.4 is 5.73 Å². The van der Waals surface area contributed by atoms with Crippen molar-refractivity contribution in [2.75, 3.05) is 13.2 Å². The summed E-state index contributed by atoms with van der Waals surface area (Å²) in [5, 5.41) is 8.79. The van der Waals surface area contributed by atoms with Crippen LogP contribution in [0, 0.1) is 17.1 Å². The highest BCUT2D eigenvalue weighted by atomic mass is 19.4. The van der Waals surface area contributed by atoms with Crippen molar-refractivity contribution < 1.29 is 31.4 Å². The Morgan fingerprint density at radius 3 is 2.75 bits per heavy atom. The van der Waals surface area contributed by atoms with E-state index in [0.717, 1.165) is 12.1 Å². The van der Waals surface area contributed by atoms with E-state index >= 15 is 0 Å². The Morgan fingerprint density at radius 1 is 1.38 bits per heavy atom. The van der Waals surface area contributed by atoms with Crippen LogP contribution in [0.2, 0.25) is 0 Å². The summed E-state index contributed by atoms with van der Waals surface area (Å²) in [5.41, 5.74) is 4.16. The second-order valence-corrected chi connectivity index (χ2v) is 7.10. The molecule has 11 heteroatoms. The van der Waals surface area contributed by atoms with Gasteiger partial charge in [-0.25, -0.2) is 13.8 Å². The molecule has 0 radical (unpaired) electrons. The van der Waals surface area contributed by atoms with E-state index in [1.165, 1.54) is 37.4 Å². The quantitative estimate of drug-likeness (QED) is 0.691. The van der Waals surface area contributed by atoms with Crippen molar-refractivity contribution in [1.82, 2.24) is 4.98 Å². The summed E-state index contributed by atoms with van der Waals surface area (Å²) >= 11 is 0. The lowest BCUT2D eigenvalue weighted by atomic mass is 9.85. The number of hydrogen-bond acceptors (Lipinski definition) is 6. The summed E-state index contributed by atoms with van der Waals surface area (Å²) in [5.74, 6) is -1.56. The van der Waals surface area contributed by atoms with Crippen LogP contribution in [-0.2, 0) is 15.0 Å². The van der Waals surface area contributed by atoms with Crippen molar-refractivity contribution in [3.8, 4) is 6.07 Å². The molecule has 1 aromatic heterocycles. The molecule has 2 aromatic rings. The zero-order valence-corrected chi connectivity index (χ0v) is 16.7. The van der Waals surface area contributed by atoms with Crippen LogP contribution in [0.5, 0.6) is 0 Å². The first-order chi connectivity index (χ1) is 15.0. The smallest absolute Gasteiger partial charge is 0.411 e. The molecule has 1 unspecified atom stereocenters. The topological polar surface area (TPSA) is 93.5 Å². The number of alkyl halides is 3.